The molecule has 0 saturated heterocycles. The molecule has 0 radical (unpaired) electrons. The summed E-state index contributed by atoms with van der Waals surface area (Å²) in [5, 5.41) is 11.7. The summed E-state index contributed by atoms with van der Waals surface area (Å²) < 4.78 is 27.8. The van der Waals surface area contributed by atoms with E-state index in [1.807, 2.05) is 55.5 Å². The third-order valence-corrected chi connectivity index (χ3v) is 6.16. The molecule has 2 aromatic carbocycles. The summed E-state index contributed by atoms with van der Waals surface area (Å²) in [4.78, 5) is 25.0. The topological polar surface area (TPSA) is 113 Å². The van der Waals surface area contributed by atoms with Crippen LogP contribution in [-0.4, -0.2) is 70.0 Å². The van der Waals surface area contributed by atoms with Gasteiger partial charge in [0, 0.05) is 31.6 Å². The fourth-order valence-electron chi connectivity index (χ4n) is 4.25. The van der Waals surface area contributed by atoms with Crippen LogP contribution in [0.3, 0.4) is 0 Å². The SMILES string of the molecule is CCO[C@@H]1OC(C(=O)NCc2ccccc2)=C[C@H](c2ccc(C(=O)OC)cc2)[C@@H]1CCOCCOCCO. The summed E-state index contributed by atoms with van der Waals surface area (Å²) in [5.74, 6) is -0.927. The molecular weight excluding hydrogens is 490 g/mol. The van der Waals surface area contributed by atoms with Crippen molar-refractivity contribution < 1.29 is 38.4 Å². The largest absolute Gasteiger partial charge is 0.465 e. The third-order valence-electron chi connectivity index (χ3n) is 6.16. The Morgan fingerprint density at radius 2 is 1.68 bits per heavy atom. The van der Waals surface area contributed by atoms with Gasteiger partial charge in [-0.15, -0.1) is 0 Å². The fourth-order valence-corrected chi connectivity index (χ4v) is 4.25. The van der Waals surface area contributed by atoms with Gasteiger partial charge in [0.25, 0.3) is 5.91 Å². The number of benzene rings is 2. The summed E-state index contributed by atoms with van der Waals surface area (Å²) in [6.45, 7) is 4.12. The Bertz CT molecular complexity index is 1020. The highest BCUT2D eigenvalue weighted by Gasteiger charge is 2.38. The molecule has 0 fully saturated rings. The minimum absolute atomic E-state index is 0.0283. The average molecular weight is 528 g/mol. The molecule has 9 nitrogen and oxygen atoms in total. The van der Waals surface area contributed by atoms with Crippen molar-refractivity contribution in [1.29, 1.82) is 0 Å². The molecule has 1 aliphatic heterocycles. The molecule has 9 heteroatoms. The van der Waals surface area contributed by atoms with Crippen LogP contribution in [0.5, 0.6) is 0 Å². The van der Waals surface area contributed by atoms with Crippen molar-refractivity contribution in [2.24, 2.45) is 5.92 Å². The van der Waals surface area contributed by atoms with Gasteiger partial charge >= 0.3 is 5.97 Å². The van der Waals surface area contributed by atoms with Gasteiger partial charge in [0.1, 0.15) is 0 Å². The standard InChI is InChI=1S/C29H37NO8/c1-3-37-29-24(13-15-35-17-18-36-16-14-31)25(22-9-11-23(12-10-22)28(33)34-2)19-26(38-29)27(32)30-20-21-7-5-4-6-8-21/h4-12,19,24-25,29,31H,3,13-18,20H2,1-2H3,(H,30,32)/t24-,25+,29+/m0/s1. The van der Waals surface area contributed by atoms with Crippen molar-refractivity contribution in [2.45, 2.75) is 32.1 Å². The third kappa shape index (κ3) is 8.66. The molecule has 206 valence electrons. The van der Waals surface area contributed by atoms with Gasteiger partial charge in [-0.3, -0.25) is 4.79 Å². The number of nitrogens with one attached hydrogen (secondary N) is 1. The number of aliphatic hydroxyl groups excluding tert-OH is 1. The van der Waals surface area contributed by atoms with Gasteiger partial charge in [-0.25, -0.2) is 4.79 Å². The van der Waals surface area contributed by atoms with Crippen molar-refractivity contribution in [3.05, 3.63) is 83.1 Å². The molecule has 0 bridgehead atoms. The van der Waals surface area contributed by atoms with Crippen LogP contribution in [0.25, 0.3) is 0 Å². The first-order chi connectivity index (χ1) is 18.6. The second kappa shape index (κ2) is 15.9. The Labute approximate surface area is 223 Å². The lowest BCUT2D eigenvalue weighted by Crippen LogP contribution is -2.39. The lowest BCUT2D eigenvalue weighted by Gasteiger charge is -2.37. The number of ether oxygens (including phenoxy) is 5. The van der Waals surface area contributed by atoms with E-state index in [2.05, 4.69) is 5.32 Å². The van der Waals surface area contributed by atoms with E-state index in [1.165, 1.54) is 7.11 Å². The highest BCUT2D eigenvalue weighted by molar-refractivity contribution is 5.92. The molecule has 0 saturated carbocycles. The van der Waals surface area contributed by atoms with E-state index in [0.29, 0.717) is 45.0 Å². The normalized spacial score (nSPS) is 18.8. The van der Waals surface area contributed by atoms with Crippen LogP contribution in [0.2, 0.25) is 0 Å². The van der Waals surface area contributed by atoms with E-state index >= 15 is 0 Å². The first kappa shape index (κ1) is 29.3. The lowest BCUT2D eigenvalue weighted by atomic mass is 9.81. The molecule has 1 amide bonds. The lowest BCUT2D eigenvalue weighted by molar-refractivity contribution is -0.168. The zero-order valence-electron chi connectivity index (χ0n) is 22.0. The maximum Gasteiger partial charge on any atom is 0.337 e. The minimum Gasteiger partial charge on any atom is -0.465 e. The number of aliphatic hydroxyl groups is 1. The first-order valence-electron chi connectivity index (χ1n) is 12.8. The molecule has 38 heavy (non-hydrogen) atoms. The number of rotatable bonds is 15. The molecule has 3 atom stereocenters. The van der Waals surface area contributed by atoms with Crippen LogP contribution >= 0.6 is 0 Å². The number of hydrogen-bond donors (Lipinski definition) is 2. The van der Waals surface area contributed by atoms with E-state index in [0.717, 1.165) is 11.1 Å². The second-order valence-electron chi connectivity index (χ2n) is 8.68. The van der Waals surface area contributed by atoms with Crippen molar-refractivity contribution in [1.82, 2.24) is 5.32 Å². The average Bonchev–Trinajstić information content (AvgIpc) is 2.96. The Hall–Kier alpha value is -3.24. The van der Waals surface area contributed by atoms with Gasteiger partial charge in [-0.1, -0.05) is 42.5 Å². The van der Waals surface area contributed by atoms with Crippen LogP contribution in [0.15, 0.2) is 66.4 Å². The summed E-state index contributed by atoms with van der Waals surface area (Å²) in [6, 6.07) is 16.8. The van der Waals surface area contributed by atoms with Gasteiger partial charge in [0.15, 0.2) is 5.76 Å². The number of carbonyl (C=O) groups excluding carboxylic acids is 2. The van der Waals surface area contributed by atoms with Gasteiger partial charge in [0.2, 0.25) is 6.29 Å². The number of hydrogen-bond acceptors (Lipinski definition) is 8. The molecule has 2 aromatic rings. The molecule has 1 heterocycles. The predicted molar refractivity (Wildman–Crippen MR) is 140 cm³/mol. The van der Waals surface area contributed by atoms with Crippen LogP contribution in [0, 0.1) is 5.92 Å². The minimum atomic E-state index is -0.665. The van der Waals surface area contributed by atoms with Crippen LogP contribution in [-0.2, 0) is 35.0 Å². The Morgan fingerprint density at radius 3 is 2.34 bits per heavy atom. The maximum absolute atomic E-state index is 13.1. The summed E-state index contributed by atoms with van der Waals surface area (Å²) in [5.41, 5.74) is 2.33. The van der Waals surface area contributed by atoms with Gasteiger partial charge in [-0.05, 0) is 42.7 Å². The summed E-state index contributed by atoms with van der Waals surface area (Å²) in [7, 11) is 1.34. The van der Waals surface area contributed by atoms with E-state index in [9.17, 15) is 9.59 Å². The van der Waals surface area contributed by atoms with Crippen molar-refractivity contribution in [3.8, 4) is 0 Å². The Morgan fingerprint density at radius 1 is 0.974 bits per heavy atom. The zero-order valence-corrected chi connectivity index (χ0v) is 22.0. The number of allylic oxidation sites excluding steroid dienone is 1. The molecule has 0 aromatic heterocycles. The van der Waals surface area contributed by atoms with E-state index in [1.54, 1.807) is 12.1 Å². The summed E-state index contributed by atoms with van der Waals surface area (Å²) in [6.07, 6.45) is 1.75. The summed E-state index contributed by atoms with van der Waals surface area (Å²) >= 11 is 0. The molecule has 1 aliphatic rings. The number of esters is 1. The number of methoxy groups -OCH3 is 1. The molecule has 0 spiro atoms. The maximum atomic E-state index is 13.1. The van der Waals surface area contributed by atoms with Crippen molar-refractivity contribution >= 4 is 11.9 Å². The van der Waals surface area contributed by atoms with E-state index in [-0.39, 0.29) is 36.7 Å². The quantitative estimate of drug-likeness (QED) is 0.268. The molecule has 0 unspecified atom stereocenters. The zero-order chi connectivity index (χ0) is 27.2. The van der Waals surface area contributed by atoms with Crippen LogP contribution < -0.4 is 5.32 Å². The molecule has 3 rings (SSSR count). The fraction of sp³-hybridized carbons (Fsp3) is 0.448. The van der Waals surface area contributed by atoms with Crippen molar-refractivity contribution in [3.63, 3.8) is 0 Å². The van der Waals surface area contributed by atoms with Gasteiger partial charge < -0.3 is 34.1 Å². The Kier molecular flexibility index (Phi) is 12.3. The first-order valence-corrected chi connectivity index (χ1v) is 12.8. The smallest absolute Gasteiger partial charge is 0.337 e. The number of amides is 1. The van der Waals surface area contributed by atoms with E-state index < -0.39 is 12.3 Å². The molecular formula is C29H37NO8. The number of carbonyl (C=O) groups is 2. The van der Waals surface area contributed by atoms with Crippen LogP contribution in [0.1, 0.15) is 40.7 Å². The van der Waals surface area contributed by atoms with Crippen molar-refractivity contribution in [2.75, 3.05) is 46.8 Å². The second-order valence-corrected chi connectivity index (χ2v) is 8.68. The predicted octanol–water partition coefficient (Wildman–Crippen LogP) is 3.18. The monoisotopic (exact) mass is 527 g/mol. The van der Waals surface area contributed by atoms with Gasteiger partial charge in [-0.2, -0.15) is 0 Å². The highest BCUT2D eigenvalue weighted by Crippen LogP contribution is 2.39. The van der Waals surface area contributed by atoms with Gasteiger partial charge in [0.05, 0.1) is 39.1 Å². The molecule has 0 aliphatic carbocycles. The highest BCUT2D eigenvalue weighted by atomic mass is 16.7. The van der Waals surface area contributed by atoms with E-state index in [4.69, 9.17) is 28.8 Å². The molecule has 2 N–H and O–H groups in total. The Balaban J connectivity index is 1.79. The van der Waals surface area contributed by atoms with Crippen LogP contribution in [0.4, 0.5) is 0 Å².